The molecule has 0 aliphatic carbocycles. The number of rotatable bonds is 12. The number of amides is 1. The van der Waals surface area contributed by atoms with E-state index in [0.29, 0.717) is 49.6 Å². The van der Waals surface area contributed by atoms with Crippen molar-refractivity contribution in [3.05, 3.63) is 54.6 Å². The Kier molecular flexibility index (Phi) is 10.2. The predicted molar refractivity (Wildman–Crippen MR) is 164 cm³/mol. The largest absolute Gasteiger partial charge is 0.491 e. The standard InChI is InChI=1S/C30H38N6O4S/c1-20(4-7-22(37)10-12-30(2,3)41)40-23-8-5-21(6-9-23)24-19-33-28(31)27(34-24)29(38)35-25-18-32-13-11-26(25)36-14-16-39-17-15-36/h5-6,8-9,11,13,18-20,41H,4,7,10,12,14-17H2,1-3H3,(H2,31,33)(H,35,38). The zero-order chi connectivity index (χ0) is 29.4. The van der Waals surface area contributed by atoms with Crippen LogP contribution in [-0.2, 0) is 9.53 Å². The fraction of sp³-hybridized carbons (Fsp3) is 0.433. The summed E-state index contributed by atoms with van der Waals surface area (Å²) in [5.41, 5.74) is 8.75. The minimum Gasteiger partial charge on any atom is -0.491 e. The molecule has 1 aliphatic rings. The molecule has 1 aliphatic heterocycles. The molecular formula is C30H38N6O4S. The predicted octanol–water partition coefficient (Wildman–Crippen LogP) is 4.81. The Labute approximate surface area is 246 Å². The highest BCUT2D eigenvalue weighted by atomic mass is 32.1. The number of nitrogens with zero attached hydrogens (tertiary/aromatic N) is 4. The van der Waals surface area contributed by atoms with Crippen molar-refractivity contribution in [1.29, 1.82) is 0 Å². The van der Waals surface area contributed by atoms with E-state index in [2.05, 4.69) is 37.8 Å². The molecule has 3 aromatic rings. The summed E-state index contributed by atoms with van der Waals surface area (Å²) >= 11 is 4.48. The van der Waals surface area contributed by atoms with E-state index in [1.54, 1.807) is 12.4 Å². The summed E-state index contributed by atoms with van der Waals surface area (Å²) in [5, 5.41) is 2.90. The van der Waals surface area contributed by atoms with Gasteiger partial charge < -0.3 is 25.4 Å². The number of morpholine rings is 1. The Hall–Kier alpha value is -3.70. The topological polar surface area (TPSA) is 133 Å². The summed E-state index contributed by atoms with van der Waals surface area (Å²) in [6.45, 7) is 8.64. The van der Waals surface area contributed by atoms with Crippen LogP contribution in [0.3, 0.4) is 0 Å². The van der Waals surface area contributed by atoms with Gasteiger partial charge in [0.05, 0.1) is 48.8 Å². The van der Waals surface area contributed by atoms with E-state index in [4.69, 9.17) is 15.2 Å². The Balaban J connectivity index is 1.38. The fourth-order valence-corrected chi connectivity index (χ4v) is 4.49. The minimum absolute atomic E-state index is 0.0270. The third kappa shape index (κ3) is 8.89. The number of carbonyl (C=O) groups excluding carboxylic acids is 2. The van der Waals surface area contributed by atoms with E-state index >= 15 is 0 Å². The number of benzene rings is 1. The second kappa shape index (κ2) is 13.8. The van der Waals surface area contributed by atoms with Crippen LogP contribution in [-0.4, -0.2) is 63.8 Å². The first-order valence-corrected chi connectivity index (χ1v) is 14.3. The van der Waals surface area contributed by atoms with Crippen molar-refractivity contribution in [2.24, 2.45) is 0 Å². The fourth-order valence-electron chi connectivity index (χ4n) is 4.38. The van der Waals surface area contributed by atoms with Gasteiger partial charge in [-0.1, -0.05) is 13.8 Å². The highest BCUT2D eigenvalue weighted by Crippen LogP contribution is 2.27. The van der Waals surface area contributed by atoms with Crippen molar-refractivity contribution in [3.8, 4) is 17.0 Å². The van der Waals surface area contributed by atoms with Crippen molar-refractivity contribution >= 4 is 41.5 Å². The molecule has 4 rings (SSSR count). The summed E-state index contributed by atoms with van der Waals surface area (Å²) in [6, 6.07) is 9.22. The van der Waals surface area contributed by atoms with Crippen LogP contribution in [0.25, 0.3) is 11.3 Å². The summed E-state index contributed by atoms with van der Waals surface area (Å²) in [5.74, 6) is 0.462. The van der Waals surface area contributed by atoms with Crippen molar-refractivity contribution in [3.63, 3.8) is 0 Å². The SMILES string of the molecule is CC(CCC(=O)CCC(C)(C)S)Oc1ccc(-c2cnc(N)c(C(=O)Nc3cnccc3N3CCOCC3)n2)cc1. The second-order valence-electron chi connectivity index (χ2n) is 10.8. The van der Waals surface area contributed by atoms with Gasteiger partial charge in [-0.2, -0.15) is 12.6 Å². The molecule has 10 nitrogen and oxygen atoms in total. The van der Waals surface area contributed by atoms with Crippen molar-refractivity contribution in [2.45, 2.75) is 57.3 Å². The van der Waals surface area contributed by atoms with Crippen LogP contribution in [0.2, 0.25) is 0 Å². The molecule has 0 radical (unpaired) electrons. The quantitative estimate of drug-likeness (QED) is 0.259. The first-order valence-electron chi connectivity index (χ1n) is 13.8. The first-order chi connectivity index (χ1) is 19.6. The number of aromatic nitrogens is 3. The zero-order valence-electron chi connectivity index (χ0n) is 23.8. The molecule has 0 saturated carbocycles. The molecule has 1 fully saturated rings. The van der Waals surface area contributed by atoms with Crippen molar-refractivity contribution < 1.29 is 19.1 Å². The highest BCUT2D eigenvalue weighted by molar-refractivity contribution is 7.81. The Morgan fingerprint density at radius 1 is 1.15 bits per heavy atom. The van der Waals surface area contributed by atoms with Crippen LogP contribution < -0.4 is 20.7 Å². The second-order valence-corrected chi connectivity index (χ2v) is 12.0. The molecule has 1 aromatic carbocycles. The average molecular weight is 579 g/mol. The van der Waals surface area contributed by atoms with Crippen LogP contribution >= 0.6 is 12.6 Å². The van der Waals surface area contributed by atoms with Crippen LogP contribution in [0, 0.1) is 0 Å². The van der Waals surface area contributed by atoms with E-state index in [9.17, 15) is 9.59 Å². The zero-order valence-corrected chi connectivity index (χ0v) is 24.7. The summed E-state index contributed by atoms with van der Waals surface area (Å²) in [6.07, 6.45) is 7.10. The van der Waals surface area contributed by atoms with Gasteiger partial charge in [-0.15, -0.1) is 0 Å². The maximum atomic E-state index is 13.2. The van der Waals surface area contributed by atoms with Gasteiger partial charge >= 0.3 is 0 Å². The number of thiol groups is 1. The number of ketones is 1. The van der Waals surface area contributed by atoms with E-state index in [1.165, 1.54) is 6.20 Å². The van der Waals surface area contributed by atoms with E-state index in [-0.39, 0.29) is 28.1 Å². The van der Waals surface area contributed by atoms with Crippen molar-refractivity contribution in [1.82, 2.24) is 15.0 Å². The van der Waals surface area contributed by atoms with Gasteiger partial charge in [0.2, 0.25) is 0 Å². The number of hydrogen-bond donors (Lipinski definition) is 3. The van der Waals surface area contributed by atoms with E-state index in [0.717, 1.165) is 30.8 Å². The Bertz CT molecular complexity index is 1340. The molecule has 0 spiro atoms. The lowest BCUT2D eigenvalue weighted by atomic mass is 10.0. The third-order valence-electron chi connectivity index (χ3n) is 6.75. The number of nitrogens with one attached hydrogen (secondary N) is 1. The number of carbonyl (C=O) groups is 2. The molecule has 0 bridgehead atoms. The smallest absolute Gasteiger partial charge is 0.278 e. The van der Waals surface area contributed by atoms with E-state index < -0.39 is 5.91 Å². The Morgan fingerprint density at radius 2 is 1.88 bits per heavy atom. The van der Waals surface area contributed by atoms with Crippen LogP contribution in [0.5, 0.6) is 5.75 Å². The normalized spacial score (nSPS) is 14.4. The lowest BCUT2D eigenvalue weighted by Gasteiger charge is -2.30. The van der Waals surface area contributed by atoms with Crippen LogP contribution in [0.4, 0.5) is 17.2 Å². The third-order valence-corrected chi connectivity index (χ3v) is 6.97. The average Bonchev–Trinajstić information content (AvgIpc) is 2.96. The number of hydrogen-bond acceptors (Lipinski definition) is 10. The maximum Gasteiger partial charge on any atom is 0.278 e. The monoisotopic (exact) mass is 578 g/mol. The minimum atomic E-state index is -0.472. The van der Waals surface area contributed by atoms with Gasteiger partial charge in [0.25, 0.3) is 5.91 Å². The molecule has 1 amide bonds. The van der Waals surface area contributed by atoms with Gasteiger partial charge in [0.15, 0.2) is 11.5 Å². The number of anilines is 3. The highest BCUT2D eigenvalue weighted by Gasteiger charge is 2.20. The van der Waals surface area contributed by atoms with Gasteiger partial charge in [-0.3, -0.25) is 14.6 Å². The van der Waals surface area contributed by atoms with E-state index in [1.807, 2.05) is 51.1 Å². The van der Waals surface area contributed by atoms with Gasteiger partial charge in [0.1, 0.15) is 11.5 Å². The van der Waals surface area contributed by atoms with Gasteiger partial charge in [-0.05, 0) is 50.1 Å². The molecule has 1 unspecified atom stereocenters. The summed E-state index contributed by atoms with van der Waals surface area (Å²) in [4.78, 5) is 40.4. The molecule has 41 heavy (non-hydrogen) atoms. The summed E-state index contributed by atoms with van der Waals surface area (Å²) < 4.78 is 11.3. The van der Waals surface area contributed by atoms with Gasteiger partial charge in [-0.25, -0.2) is 9.97 Å². The molecule has 218 valence electrons. The molecule has 2 aromatic heterocycles. The molecule has 3 heterocycles. The first kappa shape index (κ1) is 30.3. The lowest BCUT2D eigenvalue weighted by molar-refractivity contribution is -0.119. The number of Topliss-reactive ketones (excluding diaryl/α,β-unsaturated/α-hetero) is 1. The molecule has 3 N–H and O–H groups in total. The number of nitrogen functional groups attached to an aromatic ring is 1. The molecular weight excluding hydrogens is 540 g/mol. The number of pyridine rings is 1. The number of nitrogens with two attached hydrogens (primary N) is 1. The maximum absolute atomic E-state index is 13.2. The summed E-state index contributed by atoms with van der Waals surface area (Å²) in [7, 11) is 0. The number of ether oxygens (including phenoxy) is 2. The molecule has 1 atom stereocenters. The Morgan fingerprint density at radius 3 is 2.59 bits per heavy atom. The molecule has 1 saturated heterocycles. The van der Waals surface area contributed by atoms with Crippen molar-refractivity contribution in [2.75, 3.05) is 42.3 Å². The van der Waals surface area contributed by atoms with Crippen LogP contribution in [0.15, 0.2) is 48.9 Å². The molecule has 11 heteroatoms. The van der Waals surface area contributed by atoms with Gasteiger partial charge in [0, 0.05) is 42.4 Å². The lowest BCUT2D eigenvalue weighted by Crippen LogP contribution is -2.36. The van der Waals surface area contributed by atoms with Crippen LogP contribution in [0.1, 0.15) is 56.9 Å².